The molecule has 0 aromatic carbocycles. The van der Waals surface area contributed by atoms with E-state index in [-0.39, 0.29) is 0 Å². The zero-order valence-electron chi connectivity index (χ0n) is 9.79. The Hall–Kier alpha value is -0.590. The van der Waals surface area contributed by atoms with Crippen molar-refractivity contribution in [2.75, 3.05) is 0 Å². The first-order chi connectivity index (χ1) is 7.43. The minimum Gasteiger partial charge on any atom is -0.303 e. The molecule has 0 unspecified atom stereocenters. The van der Waals surface area contributed by atoms with Crippen molar-refractivity contribution in [1.29, 1.82) is 0 Å². The molecule has 1 aliphatic rings. The summed E-state index contributed by atoms with van der Waals surface area (Å²) >= 11 is 0. The smallest absolute Gasteiger partial charge is 0.123 e. The van der Waals surface area contributed by atoms with Gasteiger partial charge >= 0.3 is 0 Å². The highest BCUT2D eigenvalue weighted by molar-refractivity contribution is 5.53. The molecule has 0 heterocycles. The average Bonchev–Trinajstić information content (AvgIpc) is 2.29. The van der Waals surface area contributed by atoms with Crippen LogP contribution in [0.25, 0.3) is 0 Å². The van der Waals surface area contributed by atoms with Crippen LogP contribution in [0.1, 0.15) is 64.2 Å². The summed E-state index contributed by atoms with van der Waals surface area (Å²) in [6, 6.07) is 0. The zero-order valence-corrected chi connectivity index (χ0v) is 9.79. The van der Waals surface area contributed by atoms with Gasteiger partial charge in [-0.25, -0.2) is 0 Å². The Kier molecular flexibility index (Phi) is 7.24. The lowest BCUT2D eigenvalue weighted by molar-refractivity contribution is -0.111. The molecular formula is C14H24O. The average molecular weight is 208 g/mol. The van der Waals surface area contributed by atoms with Crippen molar-refractivity contribution in [3.05, 3.63) is 12.2 Å². The lowest BCUT2D eigenvalue weighted by Gasteiger charge is -2.08. The maximum Gasteiger partial charge on any atom is 0.123 e. The maximum atomic E-state index is 10.8. The molecule has 0 N–H and O–H groups in total. The summed E-state index contributed by atoms with van der Waals surface area (Å²) < 4.78 is 0. The third kappa shape index (κ3) is 6.48. The van der Waals surface area contributed by atoms with Gasteiger partial charge in [0.15, 0.2) is 0 Å². The van der Waals surface area contributed by atoms with E-state index in [1.165, 1.54) is 57.7 Å². The van der Waals surface area contributed by atoms with Gasteiger partial charge in [-0.1, -0.05) is 37.8 Å². The fraction of sp³-hybridized carbons (Fsp3) is 0.786. The van der Waals surface area contributed by atoms with Gasteiger partial charge in [0.2, 0.25) is 0 Å². The van der Waals surface area contributed by atoms with E-state index in [2.05, 4.69) is 12.2 Å². The fourth-order valence-electron chi connectivity index (χ4n) is 2.21. The molecule has 1 rings (SSSR count). The predicted octanol–water partition coefficient (Wildman–Crippen LogP) is 4.27. The summed E-state index contributed by atoms with van der Waals surface area (Å²) in [6.07, 6.45) is 18.2. The van der Waals surface area contributed by atoms with Crippen LogP contribution in [-0.2, 0) is 4.79 Å². The van der Waals surface area contributed by atoms with Gasteiger partial charge in [-0.15, -0.1) is 0 Å². The number of allylic oxidation sites excluding steroid dienone is 2. The van der Waals surface area contributed by atoms with Crippen molar-refractivity contribution in [2.24, 2.45) is 5.92 Å². The van der Waals surface area contributed by atoms with Crippen LogP contribution >= 0.6 is 0 Å². The molecule has 0 aromatic rings. The molecule has 1 nitrogen and oxygen atoms in total. The highest BCUT2D eigenvalue weighted by Crippen LogP contribution is 2.17. The number of aldehydes is 1. The molecule has 86 valence electrons. The van der Waals surface area contributed by atoms with Crippen LogP contribution in [0.15, 0.2) is 12.2 Å². The zero-order chi connectivity index (χ0) is 10.8. The van der Waals surface area contributed by atoms with Gasteiger partial charge < -0.3 is 4.79 Å². The number of carbonyl (C=O) groups excluding carboxylic acids is 1. The maximum absolute atomic E-state index is 10.8. The molecule has 0 spiro atoms. The van der Waals surface area contributed by atoms with E-state index in [1.54, 1.807) is 0 Å². The molecule has 0 fully saturated rings. The van der Waals surface area contributed by atoms with E-state index in [9.17, 15) is 4.79 Å². The highest BCUT2D eigenvalue weighted by Gasteiger charge is 2.06. The van der Waals surface area contributed by atoms with Gasteiger partial charge in [-0.3, -0.25) is 0 Å². The SMILES string of the molecule is O=CC1CCCCCC=CCCCCC1. The Morgan fingerprint density at radius 3 is 1.80 bits per heavy atom. The van der Waals surface area contributed by atoms with Crippen molar-refractivity contribution in [2.45, 2.75) is 64.2 Å². The topological polar surface area (TPSA) is 17.1 Å². The van der Waals surface area contributed by atoms with Gasteiger partial charge in [0.1, 0.15) is 6.29 Å². The van der Waals surface area contributed by atoms with Gasteiger partial charge in [0.25, 0.3) is 0 Å². The van der Waals surface area contributed by atoms with Gasteiger partial charge in [-0.05, 0) is 38.5 Å². The third-order valence-corrected chi connectivity index (χ3v) is 3.25. The standard InChI is InChI=1S/C14H24O/c15-13-14-11-9-7-5-3-1-2-4-6-8-10-12-14/h1-2,13-14H,3-12H2. The summed E-state index contributed by atoms with van der Waals surface area (Å²) in [6.45, 7) is 0. The van der Waals surface area contributed by atoms with Crippen LogP contribution in [0.2, 0.25) is 0 Å². The van der Waals surface area contributed by atoms with E-state index in [0.717, 1.165) is 12.8 Å². The molecule has 1 heteroatoms. The van der Waals surface area contributed by atoms with Crippen LogP contribution in [0.3, 0.4) is 0 Å². The Bertz CT molecular complexity index is 168. The van der Waals surface area contributed by atoms with Crippen molar-refractivity contribution in [1.82, 2.24) is 0 Å². The molecule has 0 amide bonds. The Morgan fingerprint density at radius 1 is 0.800 bits per heavy atom. The van der Waals surface area contributed by atoms with E-state index in [4.69, 9.17) is 0 Å². The molecule has 15 heavy (non-hydrogen) atoms. The molecule has 0 aliphatic heterocycles. The lowest BCUT2D eigenvalue weighted by Crippen LogP contribution is -2.01. The van der Waals surface area contributed by atoms with Crippen LogP contribution in [0.4, 0.5) is 0 Å². The third-order valence-electron chi connectivity index (χ3n) is 3.25. The monoisotopic (exact) mass is 208 g/mol. The Balaban J connectivity index is 2.26. The van der Waals surface area contributed by atoms with E-state index >= 15 is 0 Å². The molecule has 0 saturated carbocycles. The fourth-order valence-corrected chi connectivity index (χ4v) is 2.21. The first-order valence-electron chi connectivity index (χ1n) is 6.54. The second kappa shape index (κ2) is 8.70. The van der Waals surface area contributed by atoms with E-state index in [0.29, 0.717) is 5.92 Å². The number of rotatable bonds is 1. The van der Waals surface area contributed by atoms with Crippen molar-refractivity contribution >= 4 is 6.29 Å². The number of carbonyl (C=O) groups is 1. The minimum absolute atomic E-state index is 0.346. The van der Waals surface area contributed by atoms with Gasteiger partial charge in [0.05, 0.1) is 0 Å². The quantitative estimate of drug-likeness (QED) is 0.464. The second-order valence-electron chi connectivity index (χ2n) is 4.64. The summed E-state index contributed by atoms with van der Waals surface area (Å²) in [7, 11) is 0. The van der Waals surface area contributed by atoms with E-state index in [1.807, 2.05) is 0 Å². The van der Waals surface area contributed by atoms with Crippen LogP contribution < -0.4 is 0 Å². The van der Waals surface area contributed by atoms with Crippen LogP contribution in [0.5, 0.6) is 0 Å². The molecule has 1 aliphatic carbocycles. The summed E-state index contributed by atoms with van der Waals surface area (Å²) in [5.74, 6) is 0.346. The lowest BCUT2D eigenvalue weighted by atomic mass is 9.96. The number of hydrogen-bond acceptors (Lipinski definition) is 1. The van der Waals surface area contributed by atoms with E-state index < -0.39 is 0 Å². The predicted molar refractivity (Wildman–Crippen MR) is 64.9 cm³/mol. The largest absolute Gasteiger partial charge is 0.303 e. The molecule has 0 radical (unpaired) electrons. The van der Waals surface area contributed by atoms with Crippen LogP contribution in [0, 0.1) is 5.92 Å². The second-order valence-corrected chi connectivity index (χ2v) is 4.64. The van der Waals surface area contributed by atoms with Crippen molar-refractivity contribution in [3.63, 3.8) is 0 Å². The Morgan fingerprint density at radius 2 is 1.33 bits per heavy atom. The molecule has 0 atom stereocenters. The molecule has 0 saturated heterocycles. The summed E-state index contributed by atoms with van der Waals surface area (Å²) in [4.78, 5) is 10.8. The summed E-state index contributed by atoms with van der Waals surface area (Å²) in [5.41, 5.74) is 0. The molecule has 0 aromatic heterocycles. The first kappa shape index (κ1) is 12.5. The van der Waals surface area contributed by atoms with Gasteiger partial charge in [0, 0.05) is 5.92 Å². The van der Waals surface area contributed by atoms with Crippen LogP contribution in [-0.4, -0.2) is 6.29 Å². The van der Waals surface area contributed by atoms with Crippen molar-refractivity contribution < 1.29 is 4.79 Å². The summed E-state index contributed by atoms with van der Waals surface area (Å²) in [5, 5.41) is 0. The molecule has 0 bridgehead atoms. The normalized spacial score (nSPS) is 22.4. The van der Waals surface area contributed by atoms with Crippen molar-refractivity contribution in [3.8, 4) is 0 Å². The first-order valence-corrected chi connectivity index (χ1v) is 6.54. The number of hydrogen-bond donors (Lipinski definition) is 0. The molecular weight excluding hydrogens is 184 g/mol. The highest BCUT2D eigenvalue weighted by atomic mass is 16.1. The Labute approximate surface area is 93.9 Å². The van der Waals surface area contributed by atoms with Gasteiger partial charge in [-0.2, -0.15) is 0 Å². The minimum atomic E-state index is 0.346.